The van der Waals surface area contributed by atoms with Crippen LogP contribution in [0.5, 0.6) is 0 Å². The molecule has 0 N–H and O–H groups in total. The first-order valence-corrected chi connectivity index (χ1v) is 21.5. The van der Waals surface area contributed by atoms with Crippen molar-refractivity contribution in [1.29, 1.82) is 0 Å². The summed E-state index contributed by atoms with van der Waals surface area (Å²) in [6.07, 6.45) is 24.7. The van der Waals surface area contributed by atoms with Gasteiger partial charge in [0.25, 0.3) is 23.6 Å². The standard InChI is InChI=1S/C50H54N2O4/c1-3-5-7-9-11-13-15-21-34(22-16-14-12-10-8-6-4-2)52-49(55)41-29-25-37-35-23-27-39-45-40(48(54)51(47(39)53)32-31-33-19-17-18-20-33)28-24-36(43(35)45)38-26-30-42(50(52)56)46(41)44(37)38/h17-19,23-30,34H,3-16,21-22,31-32H2,1-2H3. The van der Waals surface area contributed by atoms with Gasteiger partial charge in [0.1, 0.15) is 0 Å². The zero-order valence-corrected chi connectivity index (χ0v) is 33.2. The third kappa shape index (κ3) is 6.77. The first kappa shape index (κ1) is 37.8. The van der Waals surface area contributed by atoms with E-state index in [1.165, 1.54) is 69.1 Å². The number of imide groups is 2. The van der Waals surface area contributed by atoms with Crippen LogP contribution in [0.15, 0.2) is 78.1 Å². The molecule has 2 aliphatic heterocycles. The maximum Gasteiger partial charge on any atom is 0.261 e. The number of hydrogen-bond donors (Lipinski definition) is 0. The lowest BCUT2D eigenvalue weighted by Crippen LogP contribution is -2.47. The lowest BCUT2D eigenvalue weighted by atomic mass is 9.82. The Morgan fingerprint density at radius 1 is 0.500 bits per heavy atom. The molecule has 0 saturated carbocycles. The number of rotatable bonds is 20. The Bertz CT molecular complexity index is 2310. The van der Waals surface area contributed by atoms with Crippen LogP contribution < -0.4 is 0 Å². The van der Waals surface area contributed by atoms with Gasteiger partial charge in [-0.05, 0) is 87.5 Å². The SMILES string of the molecule is CCCCCCCCCC(CCCCCCCCC)N1C(=O)c2ccc3c4ccc5c6c(ccc(c7ccc(c2c37)C1=O)c64)C(=O)N(CCC1=C=CC=C1)C5=O. The number of carbonyl (C=O) groups is 4. The predicted octanol–water partition coefficient (Wildman–Crippen LogP) is 12.6. The Hall–Kier alpha value is -5.06. The zero-order valence-electron chi connectivity index (χ0n) is 33.2. The van der Waals surface area contributed by atoms with E-state index >= 15 is 0 Å². The molecular formula is C50H54N2O4. The van der Waals surface area contributed by atoms with Gasteiger partial charge in [0.15, 0.2) is 0 Å². The minimum atomic E-state index is -0.285. The Balaban J connectivity index is 1.13. The Kier molecular flexibility index (Phi) is 11.2. The molecule has 6 nitrogen and oxygen atoms in total. The average molecular weight is 747 g/mol. The summed E-state index contributed by atoms with van der Waals surface area (Å²) in [6.45, 7) is 4.77. The molecule has 56 heavy (non-hydrogen) atoms. The fraction of sp³-hybridized carbons (Fsp3) is 0.420. The van der Waals surface area contributed by atoms with Crippen molar-refractivity contribution in [3.8, 4) is 0 Å². The van der Waals surface area contributed by atoms with Crippen LogP contribution in [0.4, 0.5) is 0 Å². The summed E-state index contributed by atoms with van der Waals surface area (Å²) < 4.78 is 0. The van der Waals surface area contributed by atoms with Gasteiger partial charge in [-0.2, -0.15) is 0 Å². The molecule has 0 saturated heterocycles. The quantitative estimate of drug-likeness (QED) is 0.0261. The van der Waals surface area contributed by atoms with Gasteiger partial charge in [-0.15, -0.1) is 5.73 Å². The minimum absolute atomic E-state index is 0.119. The normalized spacial score (nSPS) is 15.1. The minimum Gasteiger partial charge on any atom is -0.274 e. The molecule has 0 aromatic heterocycles. The second-order valence-corrected chi connectivity index (χ2v) is 16.3. The van der Waals surface area contributed by atoms with Gasteiger partial charge < -0.3 is 0 Å². The van der Waals surface area contributed by atoms with Crippen LogP contribution in [0.2, 0.25) is 0 Å². The highest BCUT2D eigenvalue weighted by Gasteiger charge is 2.39. The molecule has 4 amide bonds. The van der Waals surface area contributed by atoms with E-state index in [4.69, 9.17) is 0 Å². The molecule has 2 heterocycles. The van der Waals surface area contributed by atoms with Crippen molar-refractivity contribution < 1.29 is 19.2 Å². The molecule has 5 aromatic carbocycles. The maximum atomic E-state index is 14.6. The third-order valence-electron chi connectivity index (χ3n) is 12.7. The highest BCUT2D eigenvalue weighted by Crippen LogP contribution is 2.46. The fourth-order valence-electron chi connectivity index (χ4n) is 9.70. The maximum absolute atomic E-state index is 14.6. The molecule has 0 bridgehead atoms. The molecule has 6 heteroatoms. The molecule has 3 aliphatic rings. The van der Waals surface area contributed by atoms with Gasteiger partial charge in [-0.1, -0.05) is 140 Å². The van der Waals surface area contributed by atoms with Crippen molar-refractivity contribution in [3.63, 3.8) is 0 Å². The van der Waals surface area contributed by atoms with Crippen molar-refractivity contribution in [3.05, 3.63) is 100 Å². The summed E-state index contributed by atoms with van der Waals surface area (Å²) in [5, 5.41) is 6.84. The highest BCUT2D eigenvalue weighted by molar-refractivity contribution is 6.41. The van der Waals surface area contributed by atoms with Gasteiger partial charge in [-0.25, -0.2) is 0 Å². The van der Waals surface area contributed by atoms with Crippen LogP contribution in [0.1, 0.15) is 164 Å². The first-order chi connectivity index (χ1) is 27.4. The highest BCUT2D eigenvalue weighted by atomic mass is 16.2. The lowest BCUT2D eigenvalue weighted by molar-refractivity contribution is 0.0514. The number of amides is 4. The predicted molar refractivity (Wildman–Crippen MR) is 228 cm³/mol. The van der Waals surface area contributed by atoms with E-state index in [2.05, 4.69) is 19.6 Å². The molecule has 0 atom stereocenters. The number of carbonyl (C=O) groups excluding carboxylic acids is 4. The molecule has 0 fully saturated rings. The van der Waals surface area contributed by atoms with Crippen LogP contribution in [0.25, 0.3) is 43.1 Å². The molecule has 0 spiro atoms. The monoisotopic (exact) mass is 746 g/mol. The van der Waals surface area contributed by atoms with Gasteiger partial charge in [-0.3, -0.25) is 29.0 Å². The lowest BCUT2D eigenvalue weighted by Gasteiger charge is -2.35. The van der Waals surface area contributed by atoms with Crippen LogP contribution >= 0.6 is 0 Å². The van der Waals surface area contributed by atoms with Crippen LogP contribution in [-0.4, -0.2) is 46.0 Å². The number of fused-ring (bicyclic) bond motifs is 2. The molecule has 8 rings (SSSR count). The van der Waals surface area contributed by atoms with Crippen molar-refractivity contribution >= 4 is 66.7 Å². The topological polar surface area (TPSA) is 74.8 Å². The second kappa shape index (κ2) is 16.6. The molecule has 0 unspecified atom stereocenters. The number of nitrogens with zero attached hydrogens (tertiary/aromatic N) is 2. The zero-order chi connectivity index (χ0) is 38.8. The van der Waals surface area contributed by atoms with Crippen LogP contribution in [0.3, 0.4) is 0 Å². The van der Waals surface area contributed by atoms with E-state index < -0.39 is 0 Å². The molecular weight excluding hydrogens is 693 g/mol. The van der Waals surface area contributed by atoms with Crippen LogP contribution in [-0.2, 0) is 0 Å². The van der Waals surface area contributed by atoms with E-state index in [0.717, 1.165) is 81.8 Å². The smallest absolute Gasteiger partial charge is 0.261 e. The number of hydrogen-bond acceptors (Lipinski definition) is 4. The van der Waals surface area contributed by atoms with E-state index in [1.807, 2.05) is 66.8 Å². The fourth-order valence-corrected chi connectivity index (χ4v) is 9.70. The molecule has 5 aromatic rings. The summed E-state index contributed by atoms with van der Waals surface area (Å²) in [7, 11) is 0. The molecule has 1 aliphatic carbocycles. The molecule has 288 valence electrons. The molecule has 0 radical (unpaired) electrons. The van der Waals surface area contributed by atoms with Gasteiger partial charge in [0.2, 0.25) is 0 Å². The summed E-state index contributed by atoms with van der Waals surface area (Å²) in [6, 6.07) is 15.4. The van der Waals surface area contributed by atoms with Crippen LogP contribution in [0, 0.1) is 0 Å². The Morgan fingerprint density at radius 2 is 0.911 bits per heavy atom. The van der Waals surface area contributed by atoms with Crippen molar-refractivity contribution in [1.82, 2.24) is 9.80 Å². The summed E-state index contributed by atoms with van der Waals surface area (Å²) in [5.74, 6) is -0.942. The average Bonchev–Trinajstić information content (AvgIpc) is 3.74. The largest absolute Gasteiger partial charge is 0.274 e. The first-order valence-electron chi connectivity index (χ1n) is 21.5. The summed E-state index contributed by atoms with van der Waals surface area (Å²) in [5.41, 5.74) is 6.35. The van der Waals surface area contributed by atoms with Crippen molar-refractivity contribution in [2.75, 3.05) is 6.54 Å². The van der Waals surface area contributed by atoms with E-state index in [9.17, 15) is 19.2 Å². The number of allylic oxidation sites excluding steroid dienone is 2. The Morgan fingerprint density at radius 3 is 1.32 bits per heavy atom. The third-order valence-corrected chi connectivity index (χ3v) is 12.7. The van der Waals surface area contributed by atoms with Gasteiger partial charge in [0.05, 0.1) is 0 Å². The van der Waals surface area contributed by atoms with Crippen molar-refractivity contribution in [2.45, 2.75) is 129 Å². The van der Waals surface area contributed by atoms with E-state index in [1.54, 1.807) is 4.90 Å². The van der Waals surface area contributed by atoms with Gasteiger partial charge >= 0.3 is 0 Å². The number of unbranched alkanes of at least 4 members (excludes halogenated alkanes) is 12. The summed E-state index contributed by atoms with van der Waals surface area (Å²) >= 11 is 0. The van der Waals surface area contributed by atoms with E-state index in [0.29, 0.717) is 34.1 Å². The summed E-state index contributed by atoms with van der Waals surface area (Å²) in [4.78, 5) is 60.1. The van der Waals surface area contributed by atoms with E-state index in [-0.39, 0.29) is 36.2 Å². The van der Waals surface area contributed by atoms with Crippen molar-refractivity contribution in [2.24, 2.45) is 0 Å². The number of benzene rings is 5. The van der Waals surface area contributed by atoms with Gasteiger partial charge in [0, 0.05) is 45.6 Å². The Labute approximate surface area is 330 Å². The second-order valence-electron chi connectivity index (χ2n) is 16.3.